The summed E-state index contributed by atoms with van der Waals surface area (Å²) < 4.78 is 7.35. The van der Waals surface area contributed by atoms with Crippen LogP contribution in [0.1, 0.15) is 21.8 Å². The van der Waals surface area contributed by atoms with Crippen molar-refractivity contribution in [2.45, 2.75) is 13.0 Å². The Morgan fingerprint density at radius 2 is 1.89 bits per heavy atom. The van der Waals surface area contributed by atoms with Crippen LogP contribution in [0, 0.1) is 0 Å². The average Bonchev–Trinajstić information content (AvgIpc) is 3.34. The highest BCUT2D eigenvalue weighted by molar-refractivity contribution is 5.92. The minimum atomic E-state index is -0.142. The number of imidazole rings is 1. The summed E-state index contributed by atoms with van der Waals surface area (Å²) in [4.78, 5) is 18.6. The van der Waals surface area contributed by atoms with Gasteiger partial charge in [0, 0.05) is 19.7 Å². The summed E-state index contributed by atoms with van der Waals surface area (Å²) in [6.07, 6.45) is 2.56. The third-order valence-electron chi connectivity index (χ3n) is 4.56. The summed E-state index contributed by atoms with van der Waals surface area (Å²) in [7, 11) is 1.78. The Hall–Kier alpha value is -3.41. The summed E-state index contributed by atoms with van der Waals surface area (Å²) in [6.45, 7) is 1.10. The zero-order valence-electron chi connectivity index (χ0n) is 15.1. The number of rotatable bonds is 6. The second kappa shape index (κ2) is 7.45. The Kier molecular flexibility index (Phi) is 4.70. The Balaban J connectivity index is 1.41. The van der Waals surface area contributed by atoms with Gasteiger partial charge in [0.15, 0.2) is 11.5 Å². The van der Waals surface area contributed by atoms with Gasteiger partial charge in [0.2, 0.25) is 0 Å². The molecule has 2 heterocycles. The van der Waals surface area contributed by atoms with E-state index in [0.717, 1.165) is 17.5 Å². The smallest absolute Gasteiger partial charge is 0.275 e. The highest BCUT2D eigenvalue weighted by Crippen LogP contribution is 2.15. The molecule has 0 fully saturated rings. The molecule has 0 N–H and O–H groups in total. The number of fused-ring (bicyclic) bond motifs is 1. The van der Waals surface area contributed by atoms with Crippen molar-refractivity contribution in [1.82, 2.24) is 19.6 Å². The van der Waals surface area contributed by atoms with Crippen molar-refractivity contribution in [2.75, 3.05) is 13.6 Å². The van der Waals surface area contributed by atoms with Gasteiger partial charge in [-0.15, -0.1) is 0 Å². The maximum atomic E-state index is 12.6. The molecule has 0 radical (unpaired) electrons. The van der Waals surface area contributed by atoms with Gasteiger partial charge in [0.1, 0.15) is 0 Å². The minimum absolute atomic E-state index is 0.142. The lowest BCUT2D eigenvalue weighted by molar-refractivity contribution is 0.0786. The quantitative estimate of drug-likeness (QED) is 0.529. The van der Waals surface area contributed by atoms with E-state index in [0.29, 0.717) is 24.5 Å². The lowest BCUT2D eigenvalue weighted by Crippen LogP contribution is -2.29. The van der Waals surface area contributed by atoms with Gasteiger partial charge in [0.25, 0.3) is 5.91 Å². The molecule has 4 rings (SSSR count). The summed E-state index contributed by atoms with van der Waals surface area (Å²) >= 11 is 0. The molecule has 4 aromatic rings. The van der Waals surface area contributed by atoms with E-state index in [1.807, 2.05) is 47.0 Å². The fourth-order valence-corrected chi connectivity index (χ4v) is 3.03. The van der Waals surface area contributed by atoms with Crippen LogP contribution >= 0.6 is 0 Å². The average molecular weight is 360 g/mol. The SMILES string of the molecule is CN(CCc1ccccc1)C(=O)c1cc(Cn2cnc3ccccc32)on1. The fourth-order valence-electron chi connectivity index (χ4n) is 3.03. The van der Waals surface area contributed by atoms with Gasteiger partial charge in [0.05, 0.1) is 23.9 Å². The topological polar surface area (TPSA) is 64.2 Å². The Morgan fingerprint density at radius 3 is 2.74 bits per heavy atom. The third kappa shape index (κ3) is 3.74. The van der Waals surface area contributed by atoms with Crippen LogP contribution in [0.15, 0.2) is 71.5 Å². The molecule has 6 heteroatoms. The van der Waals surface area contributed by atoms with Crippen molar-refractivity contribution < 1.29 is 9.32 Å². The standard InChI is InChI=1S/C21H20N4O2/c1-24(12-11-16-7-3-2-4-8-16)21(26)19-13-17(27-23-19)14-25-15-22-18-9-5-6-10-20(18)25/h2-10,13,15H,11-12,14H2,1H3. The monoisotopic (exact) mass is 360 g/mol. The van der Waals surface area contributed by atoms with Gasteiger partial charge in [-0.2, -0.15) is 0 Å². The third-order valence-corrected chi connectivity index (χ3v) is 4.56. The van der Waals surface area contributed by atoms with Crippen molar-refractivity contribution in [2.24, 2.45) is 0 Å². The first-order valence-corrected chi connectivity index (χ1v) is 8.85. The molecule has 0 spiro atoms. The van der Waals surface area contributed by atoms with Crippen molar-refractivity contribution in [3.63, 3.8) is 0 Å². The molecule has 6 nitrogen and oxygen atoms in total. The first kappa shape index (κ1) is 17.0. The number of para-hydroxylation sites is 2. The minimum Gasteiger partial charge on any atom is -0.359 e. The van der Waals surface area contributed by atoms with Crippen LogP contribution in [0.3, 0.4) is 0 Å². The molecule has 0 saturated heterocycles. The Labute approximate surface area is 157 Å². The van der Waals surface area contributed by atoms with Gasteiger partial charge < -0.3 is 14.0 Å². The van der Waals surface area contributed by atoms with Gasteiger partial charge in [-0.3, -0.25) is 4.79 Å². The molecule has 27 heavy (non-hydrogen) atoms. The number of benzene rings is 2. The van der Waals surface area contributed by atoms with Crippen LogP contribution in [0.25, 0.3) is 11.0 Å². The number of carbonyl (C=O) groups is 1. The van der Waals surface area contributed by atoms with Crippen LogP contribution in [0.4, 0.5) is 0 Å². The number of carbonyl (C=O) groups excluding carboxylic acids is 1. The molecule has 1 amide bonds. The van der Waals surface area contributed by atoms with E-state index in [2.05, 4.69) is 22.3 Å². The van der Waals surface area contributed by atoms with Crippen molar-refractivity contribution in [3.05, 3.63) is 84.0 Å². The molecule has 0 unspecified atom stereocenters. The Bertz CT molecular complexity index is 1050. The summed E-state index contributed by atoms with van der Waals surface area (Å²) in [5.41, 5.74) is 3.46. The van der Waals surface area contributed by atoms with E-state index in [1.165, 1.54) is 5.56 Å². The fraction of sp³-hybridized carbons (Fsp3) is 0.190. The number of nitrogens with zero attached hydrogens (tertiary/aromatic N) is 4. The highest BCUT2D eigenvalue weighted by Gasteiger charge is 2.17. The molecule has 0 aliphatic rings. The summed E-state index contributed by atoms with van der Waals surface area (Å²) in [5, 5.41) is 3.95. The second-order valence-corrected chi connectivity index (χ2v) is 6.50. The zero-order valence-corrected chi connectivity index (χ0v) is 15.1. The maximum absolute atomic E-state index is 12.6. The zero-order chi connectivity index (χ0) is 18.6. The number of amides is 1. The van der Waals surface area contributed by atoms with E-state index >= 15 is 0 Å². The van der Waals surface area contributed by atoms with E-state index in [-0.39, 0.29) is 5.91 Å². The van der Waals surface area contributed by atoms with Gasteiger partial charge >= 0.3 is 0 Å². The maximum Gasteiger partial charge on any atom is 0.275 e. The van der Waals surface area contributed by atoms with Crippen LogP contribution in [0.5, 0.6) is 0 Å². The predicted molar refractivity (Wildman–Crippen MR) is 102 cm³/mol. The molecule has 0 aliphatic carbocycles. The molecule has 0 atom stereocenters. The Morgan fingerprint density at radius 1 is 1.11 bits per heavy atom. The first-order valence-electron chi connectivity index (χ1n) is 8.85. The lowest BCUT2D eigenvalue weighted by atomic mass is 10.1. The van der Waals surface area contributed by atoms with E-state index in [1.54, 1.807) is 24.3 Å². The van der Waals surface area contributed by atoms with E-state index in [4.69, 9.17) is 4.52 Å². The van der Waals surface area contributed by atoms with Gasteiger partial charge in [-0.05, 0) is 24.1 Å². The first-order chi connectivity index (χ1) is 13.2. The normalized spacial score (nSPS) is 11.0. The molecule has 0 aliphatic heterocycles. The van der Waals surface area contributed by atoms with Crippen LogP contribution in [0.2, 0.25) is 0 Å². The van der Waals surface area contributed by atoms with Crippen LogP contribution in [-0.2, 0) is 13.0 Å². The number of hydrogen-bond donors (Lipinski definition) is 0. The predicted octanol–water partition coefficient (Wildman–Crippen LogP) is 3.39. The number of aromatic nitrogens is 3. The lowest BCUT2D eigenvalue weighted by Gasteiger charge is -2.15. The highest BCUT2D eigenvalue weighted by atomic mass is 16.5. The molecular weight excluding hydrogens is 340 g/mol. The van der Waals surface area contributed by atoms with E-state index < -0.39 is 0 Å². The summed E-state index contributed by atoms with van der Waals surface area (Å²) in [6, 6.07) is 19.7. The van der Waals surface area contributed by atoms with Crippen molar-refractivity contribution in [1.29, 1.82) is 0 Å². The number of likely N-dealkylation sites (N-methyl/N-ethyl adjacent to an activating group) is 1. The van der Waals surface area contributed by atoms with Crippen LogP contribution < -0.4 is 0 Å². The molecule has 2 aromatic carbocycles. The van der Waals surface area contributed by atoms with Gasteiger partial charge in [-0.25, -0.2) is 4.98 Å². The van der Waals surface area contributed by atoms with Crippen molar-refractivity contribution >= 4 is 16.9 Å². The van der Waals surface area contributed by atoms with Crippen LogP contribution in [-0.4, -0.2) is 39.1 Å². The van der Waals surface area contributed by atoms with Gasteiger partial charge in [-0.1, -0.05) is 47.6 Å². The molecule has 0 bridgehead atoms. The number of hydrogen-bond acceptors (Lipinski definition) is 4. The largest absolute Gasteiger partial charge is 0.359 e. The molecule has 136 valence electrons. The summed E-state index contributed by atoms with van der Waals surface area (Å²) in [5.74, 6) is 0.481. The van der Waals surface area contributed by atoms with Crippen molar-refractivity contribution in [3.8, 4) is 0 Å². The van der Waals surface area contributed by atoms with E-state index in [9.17, 15) is 4.79 Å². The molecule has 0 saturated carbocycles. The second-order valence-electron chi connectivity index (χ2n) is 6.50. The molecule has 2 aromatic heterocycles. The molecular formula is C21H20N4O2.